The summed E-state index contributed by atoms with van der Waals surface area (Å²) in [5.41, 5.74) is 6.98. The van der Waals surface area contributed by atoms with E-state index in [1.165, 1.54) is 19.9 Å². The summed E-state index contributed by atoms with van der Waals surface area (Å²) in [6.07, 6.45) is 3.62. The molecule has 1 aromatic rings. The molecule has 1 aliphatic rings. The van der Waals surface area contributed by atoms with Crippen LogP contribution in [0.2, 0.25) is 0 Å². The number of sulfonamides is 1. The van der Waals surface area contributed by atoms with Gasteiger partial charge in [-0.1, -0.05) is 13.3 Å². The molecule has 106 valence electrons. The first-order valence-corrected chi connectivity index (χ1v) is 8.02. The third kappa shape index (κ3) is 3.01. The van der Waals surface area contributed by atoms with Crippen molar-refractivity contribution in [1.29, 1.82) is 0 Å². The summed E-state index contributed by atoms with van der Waals surface area (Å²) in [6.45, 7) is 2.23. The van der Waals surface area contributed by atoms with Crippen molar-refractivity contribution in [3.05, 3.63) is 18.2 Å². The smallest absolute Gasteiger partial charge is 0.242 e. The fourth-order valence-electron chi connectivity index (χ4n) is 2.57. The van der Waals surface area contributed by atoms with Crippen LogP contribution < -0.4 is 15.8 Å². The molecule has 4 N–H and O–H groups in total. The number of hydrogen-bond acceptors (Lipinski definition) is 4. The van der Waals surface area contributed by atoms with Crippen molar-refractivity contribution in [1.82, 2.24) is 4.72 Å². The Hall–Kier alpha value is -1.27. The first kappa shape index (κ1) is 14.1. The zero-order valence-electron chi connectivity index (χ0n) is 11.3. The summed E-state index contributed by atoms with van der Waals surface area (Å²) in [5.74, 6) is 0.641. The average molecular weight is 283 g/mol. The molecule has 0 amide bonds. The summed E-state index contributed by atoms with van der Waals surface area (Å²) >= 11 is 0. The van der Waals surface area contributed by atoms with Crippen LogP contribution in [0.3, 0.4) is 0 Å². The number of nitrogens with one attached hydrogen (secondary N) is 2. The summed E-state index contributed by atoms with van der Waals surface area (Å²) in [4.78, 5) is 0.125. The van der Waals surface area contributed by atoms with E-state index < -0.39 is 10.0 Å². The van der Waals surface area contributed by atoms with E-state index in [4.69, 9.17) is 5.73 Å². The minimum absolute atomic E-state index is 0.125. The second-order valence-corrected chi connectivity index (χ2v) is 6.97. The summed E-state index contributed by atoms with van der Waals surface area (Å²) in [7, 11) is -2.11. The topological polar surface area (TPSA) is 84.2 Å². The second kappa shape index (κ2) is 5.38. The lowest BCUT2D eigenvalue weighted by Crippen LogP contribution is -2.22. The van der Waals surface area contributed by atoms with Gasteiger partial charge in [-0.05, 0) is 44.0 Å². The number of nitrogen functional groups attached to an aromatic ring is 1. The number of nitrogens with two attached hydrogens (primary N) is 1. The molecule has 1 saturated carbocycles. The van der Waals surface area contributed by atoms with Gasteiger partial charge in [-0.3, -0.25) is 0 Å². The summed E-state index contributed by atoms with van der Waals surface area (Å²) in [6, 6.07) is 5.45. The van der Waals surface area contributed by atoms with Gasteiger partial charge < -0.3 is 11.1 Å². The van der Waals surface area contributed by atoms with Crippen LogP contribution in [0.15, 0.2) is 23.1 Å². The Labute approximate surface area is 114 Å². The van der Waals surface area contributed by atoms with Crippen LogP contribution in [-0.4, -0.2) is 21.5 Å². The van der Waals surface area contributed by atoms with Gasteiger partial charge in [0.2, 0.25) is 10.0 Å². The molecule has 0 spiro atoms. The minimum Gasteiger partial charge on any atom is -0.398 e. The van der Waals surface area contributed by atoms with E-state index >= 15 is 0 Å². The molecule has 0 aromatic heterocycles. The highest BCUT2D eigenvalue weighted by molar-refractivity contribution is 7.89. The quantitative estimate of drug-likeness (QED) is 0.735. The number of rotatable bonds is 4. The maximum atomic E-state index is 11.7. The predicted molar refractivity (Wildman–Crippen MR) is 77.5 cm³/mol. The zero-order valence-corrected chi connectivity index (χ0v) is 12.1. The molecule has 0 heterocycles. The Balaban J connectivity index is 2.20. The number of benzene rings is 1. The van der Waals surface area contributed by atoms with E-state index in [0.29, 0.717) is 12.0 Å². The lowest BCUT2D eigenvalue weighted by Gasteiger charge is -2.19. The normalized spacial score (nSPS) is 23.5. The lowest BCUT2D eigenvalue weighted by molar-refractivity contribution is 0.556. The maximum absolute atomic E-state index is 11.7. The molecule has 2 rings (SSSR count). The maximum Gasteiger partial charge on any atom is 0.242 e. The third-order valence-corrected chi connectivity index (χ3v) is 5.27. The number of hydrogen-bond donors (Lipinski definition) is 3. The van der Waals surface area contributed by atoms with Crippen LogP contribution in [0.5, 0.6) is 0 Å². The molecule has 0 saturated heterocycles. The fraction of sp³-hybridized carbons (Fsp3) is 0.538. The molecular formula is C13H21N3O2S. The molecule has 0 aliphatic heterocycles. The zero-order chi connectivity index (χ0) is 14.0. The highest BCUT2D eigenvalue weighted by Gasteiger charge is 2.23. The molecule has 2 atom stereocenters. The van der Waals surface area contributed by atoms with Gasteiger partial charge in [0.25, 0.3) is 0 Å². The average Bonchev–Trinajstić information content (AvgIpc) is 2.75. The van der Waals surface area contributed by atoms with Gasteiger partial charge in [0.1, 0.15) is 4.90 Å². The van der Waals surface area contributed by atoms with Gasteiger partial charge in [0.05, 0.1) is 5.69 Å². The molecular weight excluding hydrogens is 262 g/mol. The van der Waals surface area contributed by atoms with Crippen LogP contribution in [0, 0.1) is 5.92 Å². The van der Waals surface area contributed by atoms with E-state index in [0.717, 1.165) is 12.1 Å². The Morgan fingerprint density at radius 3 is 2.58 bits per heavy atom. The van der Waals surface area contributed by atoms with Crippen LogP contribution in [0.1, 0.15) is 26.2 Å². The molecule has 1 aliphatic carbocycles. The highest BCUT2D eigenvalue weighted by Crippen LogP contribution is 2.29. The van der Waals surface area contributed by atoms with E-state index in [2.05, 4.69) is 17.0 Å². The van der Waals surface area contributed by atoms with Gasteiger partial charge in [-0.15, -0.1) is 0 Å². The second-order valence-electron chi connectivity index (χ2n) is 5.12. The molecule has 0 radical (unpaired) electrons. The molecule has 1 fully saturated rings. The molecule has 2 unspecified atom stereocenters. The summed E-state index contributed by atoms with van der Waals surface area (Å²) in [5, 5.41) is 3.43. The Bertz CT molecular complexity index is 557. The van der Waals surface area contributed by atoms with Crippen molar-refractivity contribution >= 4 is 21.4 Å². The van der Waals surface area contributed by atoms with E-state index in [9.17, 15) is 8.42 Å². The fourth-order valence-corrected chi connectivity index (χ4v) is 3.40. The standard InChI is InChI=1S/C13H21N3O2S/c1-9-4-3-5-12(9)16-10-6-7-13(11(14)8-10)19(17,18)15-2/h6-9,12,15-16H,3-5,14H2,1-2H3. The van der Waals surface area contributed by atoms with E-state index in [-0.39, 0.29) is 10.6 Å². The van der Waals surface area contributed by atoms with Crippen LogP contribution in [0.25, 0.3) is 0 Å². The Morgan fingerprint density at radius 2 is 2.05 bits per heavy atom. The van der Waals surface area contributed by atoms with Crippen molar-refractivity contribution in [2.75, 3.05) is 18.1 Å². The third-order valence-electron chi connectivity index (χ3n) is 3.78. The van der Waals surface area contributed by atoms with Crippen molar-refractivity contribution < 1.29 is 8.42 Å². The largest absolute Gasteiger partial charge is 0.398 e. The van der Waals surface area contributed by atoms with Gasteiger partial charge in [0.15, 0.2) is 0 Å². The molecule has 0 bridgehead atoms. The first-order chi connectivity index (χ1) is 8.94. The first-order valence-electron chi connectivity index (χ1n) is 6.53. The highest BCUT2D eigenvalue weighted by atomic mass is 32.2. The molecule has 6 heteroatoms. The molecule has 1 aromatic carbocycles. The van der Waals surface area contributed by atoms with Crippen molar-refractivity contribution in [2.24, 2.45) is 5.92 Å². The molecule has 5 nitrogen and oxygen atoms in total. The Morgan fingerprint density at radius 1 is 1.32 bits per heavy atom. The minimum atomic E-state index is -3.49. The summed E-state index contributed by atoms with van der Waals surface area (Å²) < 4.78 is 25.7. The van der Waals surface area contributed by atoms with Gasteiger partial charge in [-0.25, -0.2) is 13.1 Å². The predicted octanol–water partition coefficient (Wildman–Crippen LogP) is 1.78. The van der Waals surface area contributed by atoms with Crippen molar-refractivity contribution in [2.45, 2.75) is 37.1 Å². The van der Waals surface area contributed by atoms with Gasteiger partial charge >= 0.3 is 0 Å². The van der Waals surface area contributed by atoms with Crippen LogP contribution in [-0.2, 0) is 10.0 Å². The van der Waals surface area contributed by atoms with Crippen molar-refractivity contribution in [3.63, 3.8) is 0 Å². The molecule has 19 heavy (non-hydrogen) atoms. The monoisotopic (exact) mass is 283 g/mol. The van der Waals surface area contributed by atoms with Gasteiger partial charge in [-0.2, -0.15) is 0 Å². The van der Waals surface area contributed by atoms with Crippen molar-refractivity contribution in [3.8, 4) is 0 Å². The van der Waals surface area contributed by atoms with E-state index in [1.54, 1.807) is 18.2 Å². The Kier molecular flexibility index (Phi) is 4.01. The van der Waals surface area contributed by atoms with E-state index in [1.807, 2.05) is 0 Å². The van der Waals surface area contributed by atoms with Gasteiger partial charge in [0, 0.05) is 11.7 Å². The SMILES string of the molecule is CNS(=O)(=O)c1ccc(NC2CCCC2C)cc1N. The van der Waals surface area contributed by atoms with Crippen LogP contribution >= 0.6 is 0 Å². The van der Waals surface area contributed by atoms with Crippen LogP contribution in [0.4, 0.5) is 11.4 Å². The lowest BCUT2D eigenvalue weighted by atomic mass is 10.1. The number of anilines is 2.